The number of phenols is 1. The maximum Gasteiger partial charge on any atom is 0.142 e. The summed E-state index contributed by atoms with van der Waals surface area (Å²) in [7, 11) is 0. The second-order valence-corrected chi connectivity index (χ2v) is 7.49. The summed E-state index contributed by atoms with van der Waals surface area (Å²) in [6.07, 6.45) is 5.70. The molecule has 3 unspecified atom stereocenters. The molecule has 0 amide bonds. The monoisotopic (exact) mass is 335 g/mol. The molecule has 2 N–H and O–H groups in total. The van der Waals surface area contributed by atoms with Gasteiger partial charge in [-0.05, 0) is 47.6 Å². The van der Waals surface area contributed by atoms with Crippen LogP contribution in [0.25, 0.3) is 0 Å². The Kier molecular flexibility index (Phi) is 4.16. The van der Waals surface area contributed by atoms with Crippen LogP contribution < -0.4 is 10.1 Å². The molecule has 1 aliphatic heterocycles. The molecular formula is C22H25NO2. The Morgan fingerprint density at radius 2 is 1.96 bits per heavy atom. The summed E-state index contributed by atoms with van der Waals surface area (Å²) in [4.78, 5) is 0. The Labute approximate surface area is 149 Å². The molecule has 4 rings (SSSR count). The molecule has 3 heteroatoms. The molecule has 25 heavy (non-hydrogen) atoms. The first-order valence-corrected chi connectivity index (χ1v) is 9.11. The Hall–Kier alpha value is -2.42. The second-order valence-electron chi connectivity index (χ2n) is 7.49. The molecular weight excluding hydrogens is 310 g/mol. The standard InChI is InChI=1S/C22H25NO2/c1-14(2)13-25-20-8-4-7-19-17-5-3-6-18(17)21(23-22(19)20)15-9-11-16(24)12-10-15/h3-5,7-12,14,17-18,21,23-24H,6,13H2,1-2H3. The lowest BCUT2D eigenvalue weighted by Crippen LogP contribution is -2.29. The van der Waals surface area contributed by atoms with Crippen LogP contribution in [0.2, 0.25) is 0 Å². The molecule has 2 aromatic rings. The molecule has 0 saturated heterocycles. The van der Waals surface area contributed by atoms with Gasteiger partial charge >= 0.3 is 0 Å². The zero-order valence-electron chi connectivity index (χ0n) is 14.8. The molecule has 0 spiro atoms. The summed E-state index contributed by atoms with van der Waals surface area (Å²) in [5, 5.41) is 13.4. The predicted molar refractivity (Wildman–Crippen MR) is 101 cm³/mol. The first kappa shape index (κ1) is 16.1. The fourth-order valence-corrected chi connectivity index (χ4v) is 3.98. The lowest BCUT2D eigenvalue weighted by atomic mass is 9.77. The summed E-state index contributed by atoms with van der Waals surface area (Å²) < 4.78 is 6.09. The molecule has 3 atom stereocenters. The number of phenolic OH excluding ortho intramolecular Hbond substituents is 1. The first-order chi connectivity index (χ1) is 12.1. The number of fused-ring (bicyclic) bond motifs is 3. The topological polar surface area (TPSA) is 41.5 Å². The van der Waals surface area contributed by atoms with E-state index >= 15 is 0 Å². The summed E-state index contributed by atoms with van der Waals surface area (Å²) in [5.41, 5.74) is 3.66. The third-order valence-electron chi connectivity index (χ3n) is 5.18. The van der Waals surface area contributed by atoms with Crippen LogP contribution in [0, 0.1) is 11.8 Å². The normalized spacial score (nSPS) is 23.9. The van der Waals surface area contributed by atoms with E-state index in [9.17, 15) is 5.11 Å². The van der Waals surface area contributed by atoms with Crippen molar-refractivity contribution in [2.45, 2.75) is 32.2 Å². The van der Waals surface area contributed by atoms with E-state index in [0.29, 0.717) is 30.1 Å². The van der Waals surface area contributed by atoms with E-state index in [0.717, 1.165) is 17.9 Å². The van der Waals surface area contributed by atoms with Crippen LogP contribution in [-0.4, -0.2) is 11.7 Å². The largest absolute Gasteiger partial charge is 0.508 e. The van der Waals surface area contributed by atoms with Crippen molar-refractivity contribution in [2.24, 2.45) is 11.8 Å². The van der Waals surface area contributed by atoms with Gasteiger partial charge in [-0.1, -0.05) is 50.3 Å². The molecule has 130 valence electrons. The number of benzene rings is 2. The number of para-hydroxylation sites is 1. The fourth-order valence-electron chi connectivity index (χ4n) is 3.98. The Morgan fingerprint density at radius 1 is 1.16 bits per heavy atom. The van der Waals surface area contributed by atoms with Crippen molar-refractivity contribution in [3.05, 3.63) is 65.7 Å². The van der Waals surface area contributed by atoms with E-state index in [1.807, 2.05) is 12.1 Å². The van der Waals surface area contributed by atoms with Gasteiger partial charge in [-0.3, -0.25) is 0 Å². The van der Waals surface area contributed by atoms with Crippen molar-refractivity contribution in [1.82, 2.24) is 0 Å². The van der Waals surface area contributed by atoms with E-state index in [4.69, 9.17) is 4.74 Å². The molecule has 1 aliphatic carbocycles. The highest BCUT2D eigenvalue weighted by Crippen LogP contribution is 2.52. The van der Waals surface area contributed by atoms with Crippen molar-refractivity contribution < 1.29 is 9.84 Å². The van der Waals surface area contributed by atoms with E-state index in [-0.39, 0.29) is 6.04 Å². The molecule has 0 radical (unpaired) electrons. The highest BCUT2D eigenvalue weighted by molar-refractivity contribution is 5.67. The van der Waals surface area contributed by atoms with Crippen LogP contribution in [0.15, 0.2) is 54.6 Å². The molecule has 2 aliphatic rings. The van der Waals surface area contributed by atoms with Crippen molar-refractivity contribution in [2.75, 3.05) is 11.9 Å². The van der Waals surface area contributed by atoms with Crippen LogP contribution in [-0.2, 0) is 0 Å². The predicted octanol–water partition coefficient (Wildman–Crippen LogP) is 5.25. The van der Waals surface area contributed by atoms with Gasteiger partial charge in [0.2, 0.25) is 0 Å². The minimum Gasteiger partial charge on any atom is -0.508 e. The van der Waals surface area contributed by atoms with Crippen LogP contribution in [0.1, 0.15) is 43.4 Å². The lowest BCUT2D eigenvalue weighted by Gasteiger charge is -2.38. The molecule has 1 heterocycles. The van der Waals surface area contributed by atoms with E-state index in [1.165, 1.54) is 11.1 Å². The van der Waals surface area contributed by atoms with Crippen LogP contribution in [0.4, 0.5) is 5.69 Å². The van der Waals surface area contributed by atoms with Crippen molar-refractivity contribution >= 4 is 5.69 Å². The smallest absolute Gasteiger partial charge is 0.142 e. The van der Waals surface area contributed by atoms with Crippen molar-refractivity contribution in [1.29, 1.82) is 0 Å². The molecule has 3 nitrogen and oxygen atoms in total. The quantitative estimate of drug-likeness (QED) is 0.750. The van der Waals surface area contributed by atoms with Gasteiger partial charge in [-0.2, -0.15) is 0 Å². The maximum absolute atomic E-state index is 9.61. The minimum atomic E-state index is 0.219. The van der Waals surface area contributed by atoms with Crippen LogP contribution >= 0.6 is 0 Å². The van der Waals surface area contributed by atoms with E-state index in [2.05, 4.69) is 49.5 Å². The number of nitrogens with one attached hydrogen (secondary N) is 1. The Bertz CT molecular complexity index is 779. The van der Waals surface area contributed by atoms with Crippen molar-refractivity contribution in [3.63, 3.8) is 0 Å². The summed E-state index contributed by atoms with van der Waals surface area (Å²) >= 11 is 0. The third-order valence-corrected chi connectivity index (χ3v) is 5.18. The van der Waals surface area contributed by atoms with Gasteiger partial charge in [0.05, 0.1) is 18.3 Å². The van der Waals surface area contributed by atoms with Gasteiger partial charge in [0.25, 0.3) is 0 Å². The highest BCUT2D eigenvalue weighted by atomic mass is 16.5. The Morgan fingerprint density at radius 3 is 2.72 bits per heavy atom. The number of allylic oxidation sites excluding steroid dienone is 2. The Balaban J connectivity index is 1.72. The molecule has 0 fully saturated rings. The van der Waals surface area contributed by atoms with Crippen LogP contribution in [0.3, 0.4) is 0 Å². The van der Waals surface area contributed by atoms with Gasteiger partial charge in [-0.25, -0.2) is 0 Å². The number of hydrogen-bond donors (Lipinski definition) is 2. The molecule has 0 saturated carbocycles. The van der Waals surface area contributed by atoms with Gasteiger partial charge in [0, 0.05) is 5.92 Å². The number of hydrogen-bond acceptors (Lipinski definition) is 3. The zero-order valence-corrected chi connectivity index (χ0v) is 14.8. The van der Waals surface area contributed by atoms with Gasteiger partial charge in [-0.15, -0.1) is 0 Å². The first-order valence-electron chi connectivity index (χ1n) is 9.11. The fraction of sp³-hybridized carbons (Fsp3) is 0.364. The number of aromatic hydroxyl groups is 1. The molecule has 0 aromatic heterocycles. The lowest BCUT2D eigenvalue weighted by molar-refractivity contribution is 0.270. The van der Waals surface area contributed by atoms with Gasteiger partial charge in [0.1, 0.15) is 11.5 Å². The summed E-state index contributed by atoms with van der Waals surface area (Å²) in [6, 6.07) is 14.2. The summed E-state index contributed by atoms with van der Waals surface area (Å²) in [5.74, 6) is 2.65. The average Bonchev–Trinajstić information content (AvgIpc) is 3.10. The average molecular weight is 335 g/mol. The number of anilines is 1. The number of ether oxygens (including phenoxy) is 1. The van der Waals surface area contributed by atoms with E-state index in [1.54, 1.807) is 12.1 Å². The third kappa shape index (κ3) is 2.99. The SMILES string of the molecule is CC(C)COc1cccc2c1NC(c1ccc(O)cc1)C1CC=CC21. The second kappa shape index (κ2) is 6.47. The van der Waals surface area contributed by atoms with Gasteiger partial charge in [0.15, 0.2) is 0 Å². The van der Waals surface area contributed by atoms with Gasteiger partial charge < -0.3 is 15.2 Å². The van der Waals surface area contributed by atoms with Crippen LogP contribution in [0.5, 0.6) is 11.5 Å². The zero-order chi connectivity index (χ0) is 17.4. The van der Waals surface area contributed by atoms with E-state index < -0.39 is 0 Å². The highest BCUT2D eigenvalue weighted by Gasteiger charge is 2.38. The minimum absolute atomic E-state index is 0.219. The maximum atomic E-state index is 9.61. The number of rotatable bonds is 4. The molecule has 0 bridgehead atoms. The summed E-state index contributed by atoms with van der Waals surface area (Å²) in [6.45, 7) is 5.04. The molecule has 2 aromatic carbocycles. The van der Waals surface area contributed by atoms with Crippen molar-refractivity contribution in [3.8, 4) is 11.5 Å².